The fraction of sp³-hybridized carbons (Fsp3) is 0.588. The van der Waals surface area contributed by atoms with Gasteiger partial charge < -0.3 is 5.32 Å². The Kier molecular flexibility index (Phi) is 7.74. The minimum atomic E-state index is -3.44. The van der Waals surface area contributed by atoms with E-state index < -0.39 is 10.2 Å². The highest BCUT2D eigenvalue weighted by Crippen LogP contribution is 2.20. The van der Waals surface area contributed by atoms with Crippen LogP contribution in [0.3, 0.4) is 0 Å². The van der Waals surface area contributed by atoms with Crippen LogP contribution >= 0.6 is 11.8 Å². The van der Waals surface area contributed by atoms with Gasteiger partial charge in [-0.1, -0.05) is 30.3 Å². The molecule has 6 nitrogen and oxygen atoms in total. The first kappa shape index (κ1) is 20.2. The number of carbonyl (C=O) groups excluding carboxylic acids is 1. The SMILES string of the molecule is CN(C)S(=O)(=O)N1CCC[C@H](C(=O)NCCSCc2ccccc2)C1. The van der Waals surface area contributed by atoms with E-state index in [1.165, 1.54) is 28.3 Å². The zero-order valence-corrected chi connectivity index (χ0v) is 16.5. The van der Waals surface area contributed by atoms with E-state index in [-0.39, 0.29) is 18.4 Å². The van der Waals surface area contributed by atoms with Crippen LogP contribution in [0.2, 0.25) is 0 Å². The molecule has 0 aromatic heterocycles. The first-order valence-corrected chi connectivity index (χ1v) is 11.0. The van der Waals surface area contributed by atoms with Gasteiger partial charge in [0.1, 0.15) is 0 Å². The summed E-state index contributed by atoms with van der Waals surface area (Å²) in [6.07, 6.45) is 1.45. The molecule has 0 bridgehead atoms. The molecular weight excluding hydrogens is 358 g/mol. The Morgan fingerprint density at radius 1 is 1.32 bits per heavy atom. The third kappa shape index (κ3) is 5.99. The van der Waals surface area contributed by atoms with Crippen LogP contribution in [0.25, 0.3) is 0 Å². The lowest BCUT2D eigenvalue weighted by Crippen LogP contribution is -2.49. The predicted molar refractivity (Wildman–Crippen MR) is 103 cm³/mol. The monoisotopic (exact) mass is 385 g/mol. The van der Waals surface area contributed by atoms with Gasteiger partial charge in [0.15, 0.2) is 0 Å². The normalized spacial score (nSPS) is 19.1. The molecule has 0 spiro atoms. The van der Waals surface area contributed by atoms with Gasteiger partial charge in [-0.3, -0.25) is 4.79 Å². The molecule has 1 N–H and O–H groups in total. The van der Waals surface area contributed by atoms with Crippen LogP contribution in [-0.4, -0.2) is 62.4 Å². The van der Waals surface area contributed by atoms with Gasteiger partial charge in [-0.05, 0) is 18.4 Å². The molecule has 1 heterocycles. The van der Waals surface area contributed by atoms with Gasteiger partial charge in [0.25, 0.3) is 10.2 Å². The van der Waals surface area contributed by atoms with Crippen molar-refractivity contribution >= 4 is 27.9 Å². The summed E-state index contributed by atoms with van der Waals surface area (Å²) in [5.41, 5.74) is 1.27. The molecule has 1 amide bonds. The number of nitrogens with one attached hydrogen (secondary N) is 1. The van der Waals surface area contributed by atoms with E-state index in [0.717, 1.165) is 17.9 Å². The van der Waals surface area contributed by atoms with Crippen LogP contribution in [0.15, 0.2) is 30.3 Å². The number of hydrogen-bond donors (Lipinski definition) is 1. The van der Waals surface area contributed by atoms with Gasteiger partial charge in [-0.15, -0.1) is 0 Å². The summed E-state index contributed by atoms with van der Waals surface area (Å²) in [4.78, 5) is 12.3. The average Bonchev–Trinajstić information content (AvgIpc) is 2.62. The summed E-state index contributed by atoms with van der Waals surface area (Å²) in [6.45, 7) is 1.36. The molecule has 1 fully saturated rings. The summed E-state index contributed by atoms with van der Waals surface area (Å²) in [5.74, 6) is 1.46. The quantitative estimate of drug-likeness (QED) is 0.690. The molecule has 140 valence electrons. The summed E-state index contributed by atoms with van der Waals surface area (Å²) >= 11 is 1.78. The van der Waals surface area contributed by atoms with Crippen molar-refractivity contribution in [2.75, 3.05) is 39.5 Å². The predicted octanol–water partition coefficient (Wildman–Crippen LogP) is 1.55. The van der Waals surface area contributed by atoms with Crippen LogP contribution < -0.4 is 5.32 Å². The minimum absolute atomic E-state index is 0.0426. The van der Waals surface area contributed by atoms with Gasteiger partial charge in [-0.2, -0.15) is 28.8 Å². The largest absolute Gasteiger partial charge is 0.355 e. The van der Waals surface area contributed by atoms with Crippen LogP contribution in [0.1, 0.15) is 18.4 Å². The van der Waals surface area contributed by atoms with Crippen molar-refractivity contribution in [2.24, 2.45) is 5.92 Å². The second kappa shape index (κ2) is 9.56. The Labute approximate surface area is 155 Å². The Hall–Kier alpha value is -1.09. The van der Waals surface area contributed by atoms with E-state index >= 15 is 0 Å². The molecular formula is C17H27N3O3S2. The number of nitrogens with zero attached hydrogens (tertiary/aromatic N) is 2. The lowest BCUT2D eigenvalue weighted by atomic mass is 9.99. The molecule has 1 aliphatic rings. The summed E-state index contributed by atoms with van der Waals surface area (Å²) in [7, 11) is -0.410. The number of piperidine rings is 1. The summed E-state index contributed by atoms with van der Waals surface area (Å²) < 4.78 is 27.0. The van der Waals surface area contributed by atoms with Crippen LogP contribution in [0, 0.1) is 5.92 Å². The van der Waals surface area contributed by atoms with Gasteiger partial charge in [0.2, 0.25) is 5.91 Å². The molecule has 8 heteroatoms. The minimum Gasteiger partial charge on any atom is -0.355 e. The van der Waals surface area contributed by atoms with E-state index in [0.29, 0.717) is 19.5 Å². The Bertz CT molecular complexity index is 650. The highest BCUT2D eigenvalue weighted by Gasteiger charge is 2.33. The van der Waals surface area contributed by atoms with Crippen molar-refractivity contribution in [3.8, 4) is 0 Å². The highest BCUT2D eigenvalue weighted by molar-refractivity contribution is 7.98. The maximum atomic E-state index is 12.3. The van der Waals surface area contributed by atoms with E-state index in [4.69, 9.17) is 0 Å². The molecule has 1 aliphatic heterocycles. The third-order valence-electron chi connectivity index (χ3n) is 4.20. The number of rotatable bonds is 8. The lowest BCUT2D eigenvalue weighted by molar-refractivity contribution is -0.125. The molecule has 25 heavy (non-hydrogen) atoms. The zero-order valence-electron chi connectivity index (χ0n) is 14.8. The molecule has 2 rings (SSSR count). The Morgan fingerprint density at radius 2 is 2.04 bits per heavy atom. The molecule has 1 aromatic carbocycles. The Balaban J connectivity index is 1.71. The van der Waals surface area contributed by atoms with Gasteiger partial charge >= 0.3 is 0 Å². The molecule has 0 radical (unpaired) electrons. The highest BCUT2D eigenvalue weighted by atomic mass is 32.2. The van der Waals surface area contributed by atoms with Gasteiger partial charge in [-0.25, -0.2) is 0 Å². The lowest BCUT2D eigenvalue weighted by Gasteiger charge is -2.32. The molecule has 0 aliphatic carbocycles. The van der Waals surface area contributed by atoms with E-state index in [1.54, 1.807) is 11.8 Å². The van der Waals surface area contributed by atoms with E-state index in [9.17, 15) is 13.2 Å². The fourth-order valence-corrected chi connectivity index (χ4v) is 4.76. The molecule has 0 saturated carbocycles. The second-order valence-corrected chi connectivity index (χ2v) is 9.56. The van der Waals surface area contributed by atoms with Crippen LogP contribution in [-0.2, 0) is 20.8 Å². The Morgan fingerprint density at radius 3 is 2.72 bits per heavy atom. The van der Waals surface area contributed by atoms with Gasteiger partial charge in [0.05, 0.1) is 5.92 Å². The maximum Gasteiger partial charge on any atom is 0.281 e. The number of thioether (sulfide) groups is 1. The number of amides is 1. The first-order valence-electron chi connectivity index (χ1n) is 8.48. The molecule has 1 atom stereocenters. The fourth-order valence-electron chi connectivity index (χ4n) is 2.75. The zero-order chi connectivity index (χ0) is 18.3. The van der Waals surface area contributed by atoms with Crippen molar-refractivity contribution < 1.29 is 13.2 Å². The van der Waals surface area contributed by atoms with E-state index in [2.05, 4.69) is 17.4 Å². The summed E-state index contributed by atoms with van der Waals surface area (Å²) in [5, 5.41) is 2.95. The average molecular weight is 386 g/mol. The van der Waals surface area contributed by atoms with Crippen molar-refractivity contribution in [2.45, 2.75) is 18.6 Å². The number of hydrogen-bond acceptors (Lipinski definition) is 4. The smallest absolute Gasteiger partial charge is 0.281 e. The molecule has 1 aromatic rings. The first-order chi connectivity index (χ1) is 11.9. The van der Waals surface area contributed by atoms with Gasteiger partial charge in [0, 0.05) is 45.2 Å². The maximum absolute atomic E-state index is 12.3. The second-order valence-electron chi connectivity index (χ2n) is 6.32. The molecule has 0 unspecified atom stereocenters. The van der Waals surface area contributed by atoms with E-state index in [1.807, 2.05) is 18.2 Å². The number of carbonyl (C=O) groups is 1. The third-order valence-corrected chi connectivity index (χ3v) is 7.14. The van der Waals surface area contributed by atoms with Crippen LogP contribution in [0.4, 0.5) is 0 Å². The van der Waals surface area contributed by atoms with Crippen molar-refractivity contribution in [3.05, 3.63) is 35.9 Å². The standard InChI is InChI=1S/C17H27N3O3S2/c1-19(2)25(22,23)20-11-6-9-16(13-20)17(21)18-10-12-24-14-15-7-4-3-5-8-15/h3-5,7-8,16H,6,9-14H2,1-2H3,(H,18,21)/t16-/m0/s1. The topological polar surface area (TPSA) is 69.7 Å². The van der Waals surface area contributed by atoms with Crippen molar-refractivity contribution in [3.63, 3.8) is 0 Å². The van der Waals surface area contributed by atoms with Crippen molar-refractivity contribution in [1.29, 1.82) is 0 Å². The molecule has 1 saturated heterocycles. The number of benzene rings is 1. The van der Waals surface area contributed by atoms with Crippen LogP contribution in [0.5, 0.6) is 0 Å². The van der Waals surface area contributed by atoms with Crippen molar-refractivity contribution in [1.82, 2.24) is 13.9 Å². The summed E-state index contributed by atoms with van der Waals surface area (Å²) in [6, 6.07) is 10.2.